The molecule has 9 nitrogen and oxygen atoms in total. The number of esters is 1. The van der Waals surface area contributed by atoms with Gasteiger partial charge in [0.05, 0.1) is 32.9 Å². The number of aryl methyl sites for hydroxylation is 3. The minimum absolute atomic E-state index is 0.00861. The van der Waals surface area contributed by atoms with E-state index in [0.29, 0.717) is 26.8 Å². The van der Waals surface area contributed by atoms with Gasteiger partial charge in [0.2, 0.25) is 5.78 Å². The average Bonchev–Trinajstić information content (AvgIpc) is 3.44. The van der Waals surface area contributed by atoms with Gasteiger partial charge in [-0.15, -0.1) is 11.3 Å². The Kier molecular flexibility index (Phi) is 6.55. The van der Waals surface area contributed by atoms with E-state index >= 15 is 0 Å². The van der Waals surface area contributed by atoms with Crippen LogP contribution in [0.5, 0.6) is 5.75 Å². The quantitative estimate of drug-likeness (QED) is 0.272. The van der Waals surface area contributed by atoms with Crippen molar-refractivity contribution < 1.29 is 29.3 Å². The molecule has 0 radical (unpaired) electrons. The zero-order chi connectivity index (χ0) is 25.4. The highest BCUT2D eigenvalue weighted by Gasteiger charge is 2.47. The topological polar surface area (TPSA) is 130 Å². The lowest BCUT2D eigenvalue weighted by Crippen LogP contribution is -2.31. The molecule has 3 heterocycles. The predicted molar refractivity (Wildman–Crippen MR) is 131 cm³/mol. The molecule has 1 aliphatic rings. The molecule has 0 saturated heterocycles. The summed E-state index contributed by atoms with van der Waals surface area (Å²) < 4.78 is 5.10. The average molecular weight is 512 g/mol. The van der Waals surface area contributed by atoms with E-state index in [1.165, 1.54) is 18.2 Å². The van der Waals surface area contributed by atoms with E-state index in [1.807, 2.05) is 0 Å². The van der Waals surface area contributed by atoms with Gasteiger partial charge in [-0.2, -0.15) is 0 Å². The number of thiazole rings is 2. The second-order valence-corrected chi connectivity index (χ2v) is 9.89. The summed E-state index contributed by atoms with van der Waals surface area (Å²) in [5.74, 6) is -2.83. The Morgan fingerprint density at radius 2 is 1.86 bits per heavy atom. The van der Waals surface area contributed by atoms with Crippen molar-refractivity contribution in [2.45, 2.75) is 26.8 Å². The number of rotatable bonds is 7. The summed E-state index contributed by atoms with van der Waals surface area (Å²) in [4.78, 5) is 49.6. The van der Waals surface area contributed by atoms with Crippen LogP contribution in [-0.4, -0.2) is 44.4 Å². The van der Waals surface area contributed by atoms with Crippen LogP contribution < -0.4 is 4.90 Å². The number of nitrogens with zero attached hydrogens (tertiary/aromatic N) is 3. The second-order valence-electron chi connectivity index (χ2n) is 7.71. The van der Waals surface area contributed by atoms with E-state index in [-0.39, 0.29) is 27.9 Å². The van der Waals surface area contributed by atoms with Crippen molar-refractivity contribution in [2.75, 3.05) is 11.5 Å². The Morgan fingerprint density at radius 1 is 1.14 bits per heavy atom. The van der Waals surface area contributed by atoms with Crippen LogP contribution in [0.25, 0.3) is 0 Å². The van der Waals surface area contributed by atoms with Crippen molar-refractivity contribution in [1.82, 2.24) is 9.97 Å². The summed E-state index contributed by atoms with van der Waals surface area (Å²) >= 11 is 2.07. The first kappa shape index (κ1) is 24.3. The molecule has 0 bridgehead atoms. The van der Waals surface area contributed by atoms with Gasteiger partial charge in [0.25, 0.3) is 5.91 Å². The van der Waals surface area contributed by atoms with Crippen LogP contribution in [0.1, 0.15) is 47.3 Å². The molecule has 180 valence electrons. The van der Waals surface area contributed by atoms with Gasteiger partial charge in [0.1, 0.15) is 17.2 Å². The van der Waals surface area contributed by atoms with Gasteiger partial charge >= 0.3 is 5.97 Å². The lowest BCUT2D eigenvalue weighted by atomic mass is 9.95. The molecule has 2 aromatic heterocycles. The molecule has 11 heteroatoms. The van der Waals surface area contributed by atoms with Crippen molar-refractivity contribution in [1.29, 1.82) is 0 Å². The van der Waals surface area contributed by atoms with Gasteiger partial charge in [0, 0.05) is 0 Å². The number of aromatic nitrogens is 2. The number of aliphatic hydroxyl groups is 1. The molecule has 0 fully saturated rings. The number of Topliss-reactive ketones (excluding diaryl/α,β-unsaturated/α-hetero) is 1. The summed E-state index contributed by atoms with van der Waals surface area (Å²) in [6.07, 6.45) is 1.43. The lowest BCUT2D eigenvalue weighted by molar-refractivity contribution is -0.117. The first-order valence-electron chi connectivity index (χ1n) is 10.4. The normalized spacial score (nSPS) is 15.6. The predicted octanol–water partition coefficient (Wildman–Crippen LogP) is 4.36. The van der Waals surface area contributed by atoms with Crippen LogP contribution in [0.3, 0.4) is 0 Å². The number of ketones is 1. The number of aliphatic hydroxyl groups excluding tert-OH is 1. The first-order valence-corrected chi connectivity index (χ1v) is 12.1. The van der Waals surface area contributed by atoms with E-state index < -0.39 is 29.5 Å². The first-order chi connectivity index (χ1) is 16.6. The molecule has 1 aliphatic heterocycles. The molecular formula is C24H21N3O6S2. The number of benzene rings is 1. The maximum Gasteiger partial charge on any atom is 0.350 e. The number of anilines is 1. The third kappa shape index (κ3) is 4.35. The SMILES string of the molecule is C=CCOC(=O)c1sc(N2C(=O)C(O)=C(C(=O)c3sc(C)nc3C)C2c2cccc(O)c2)nc1C. The third-order valence-corrected chi connectivity index (χ3v) is 7.47. The maximum atomic E-state index is 13.6. The van der Waals surface area contributed by atoms with Crippen LogP contribution in [0.2, 0.25) is 0 Å². The minimum atomic E-state index is -1.09. The molecule has 0 aliphatic carbocycles. The number of hydrogen-bond donors (Lipinski definition) is 2. The van der Waals surface area contributed by atoms with Crippen LogP contribution in [0.15, 0.2) is 48.3 Å². The van der Waals surface area contributed by atoms with Crippen LogP contribution in [0.4, 0.5) is 5.13 Å². The summed E-state index contributed by atoms with van der Waals surface area (Å²) in [6, 6.07) is 4.96. The van der Waals surface area contributed by atoms with E-state index in [9.17, 15) is 24.6 Å². The van der Waals surface area contributed by atoms with Crippen molar-refractivity contribution in [3.05, 3.63) is 80.0 Å². The van der Waals surface area contributed by atoms with Crippen molar-refractivity contribution in [3.8, 4) is 5.75 Å². The van der Waals surface area contributed by atoms with Gasteiger partial charge in [-0.3, -0.25) is 14.5 Å². The Hall–Kier alpha value is -3.83. The molecular weight excluding hydrogens is 490 g/mol. The molecule has 2 N–H and O–H groups in total. The molecule has 3 aromatic rings. The van der Waals surface area contributed by atoms with Crippen LogP contribution in [0, 0.1) is 20.8 Å². The largest absolute Gasteiger partial charge is 0.508 e. The monoisotopic (exact) mass is 511 g/mol. The number of carbonyl (C=O) groups is 3. The number of phenols is 1. The molecule has 1 aromatic carbocycles. The Bertz CT molecular complexity index is 1400. The van der Waals surface area contributed by atoms with Gasteiger partial charge in [0.15, 0.2) is 10.9 Å². The van der Waals surface area contributed by atoms with Gasteiger partial charge in [-0.05, 0) is 38.5 Å². The zero-order valence-corrected chi connectivity index (χ0v) is 20.7. The molecule has 35 heavy (non-hydrogen) atoms. The molecule has 4 rings (SSSR count). The summed E-state index contributed by atoms with van der Waals surface area (Å²) in [5, 5.41) is 21.7. The Morgan fingerprint density at radius 3 is 2.49 bits per heavy atom. The number of aromatic hydroxyl groups is 1. The highest BCUT2D eigenvalue weighted by molar-refractivity contribution is 7.17. The van der Waals surface area contributed by atoms with E-state index in [4.69, 9.17) is 4.74 Å². The molecule has 1 unspecified atom stereocenters. The third-order valence-electron chi connectivity index (χ3n) is 5.26. The number of ether oxygens (including phenoxy) is 1. The molecule has 1 amide bonds. The smallest absolute Gasteiger partial charge is 0.350 e. The van der Waals surface area contributed by atoms with Gasteiger partial charge < -0.3 is 14.9 Å². The summed E-state index contributed by atoms with van der Waals surface area (Å²) in [5.41, 5.74) is 1.04. The minimum Gasteiger partial charge on any atom is -0.508 e. The number of carbonyl (C=O) groups excluding carboxylic acids is 3. The Labute approximate surface area is 208 Å². The van der Waals surface area contributed by atoms with E-state index in [1.54, 1.807) is 32.9 Å². The van der Waals surface area contributed by atoms with Crippen LogP contribution >= 0.6 is 22.7 Å². The van der Waals surface area contributed by atoms with Crippen LogP contribution in [-0.2, 0) is 9.53 Å². The molecule has 0 spiro atoms. The molecule has 0 saturated carbocycles. The van der Waals surface area contributed by atoms with Crippen molar-refractivity contribution in [3.63, 3.8) is 0 Å². The molecule has 1 atom stereocenters. The number of phenolic OH excluding ortho intramolecular Hbond substituents is 1. The Balaban J connectivity index is 1.85. The van der Waals surface area contributed by atoms with Crippen molar-refractivity contribution in [2.24, 2.45) is 0 Å². The van der Waals surface area contributed by atoms with E-state index in [2.05, 4.69) is 16.5 Å². The summed E-state index contributed by atoms with van der Waals surface area (Å²) in [6.45, 7) is 8.55. The highest BCUT2D eigenvalue weighted by Crippen LogP contribution is 2.44. The fourth-order valence-electron chi connectivity index (χ4n) is 3.78. The van der Waals surface area contributed by atoms with Crippen molar-refractivity contribution >= 4 is 45.5 Å². The van der Waals surface area contributed by atoms with E-state index in [0.717, 1.165) is 27.6 Å². The second kappa shape index (κ2) is 9.43. The maximum absolute atomic E-state index is 13.6. The van der Waals surface area contributed by atoms with Gasteiger partial charge in [-0.1, -0.05) is 36.1 Å². The number of hydrogen-bond acceptors (Lipinski definition) is 10. The standard InChI is InChI=1S/C24H21N3O6S2/c1-5-9-33-23(32)21-12(3)26-24(35-21)27-17(14-7-6-8-15(28)10-14)16(19(30)22(27)31)18(29)20-11(2)25-13(4)34-20/h5-8,10,17,28,30H,1,9H2,2-4H3. The lowest BCUT2D eigenvalue weighted by Gasteiger charge is -2.24. The highest BCUT2D eigenvalue weighted by atomic mass is 32.1. The zero-order valence-electron chi connectivity index (χ0n) is 19.1. The van der Waals surface area contributed by atoms with Gasteiger partial charge in [-0.25, -0.2) is 14.8 Å². The summed E-state index contributed by atoms with van der Waals surface area (Å²) in [7, 11) is 0. The fraction of sp³-hybridized carbons (Fsp3) is 0.208. The number of amides is 1. The fourth-order valence-corrected chi connectivity index (χ4v) is 5.65.